The summed E-state index contributed by atoms with van der Waals surface area (Å²) in [5.74, 6) is -1.27. The molecule has 0 N–H and O–H groups in total. The number of carbonyl (C=O) groups excluding carboxylic acids is 2. The number of fused-ring (bicyclic) bond motifs is 1. The van der Waals surface area contributed by atoms with Gasteiger partial charge in [-0.1, -0.05) is 66.2 Å². The molecule has 0 aromatic heterocycles. The van der Waals surface area contributed by atoms with Crippen molar-refractivity contribution in [2.24, 2.45) is 11.0 Å². The smallest absolute Gasteiger partial charge is 0.259 e. The Morgan fingerprint density at radius 1 is 0.759 bits per heavy atom. The highest BCUT2D eigenvalue weighted by atomic mass is 35.5. The zero-order valence-corrected chi connectivity index (χ0v) is 16.0. The van der Waals surface area contributed by atoms with E-state index in [1.165, 1.54) is 4.90 Å². The Hall–Kier alpha value is -3.44. The molecule has 2 heterocycles. The molecule has 5 nitrogen and oxygen atoms in total. The van der Waals surface area contributed by atoms with Gasteiger partial charge in [0, 0.05) is 5.02 Å². The first-order valence-electron chi connectivity index (χ1n) is 9.27. The number of imide groups is 1. The summed E-state index contributed by atoms with van der Waals surface area (Å²) in [5.41, 5.74) is 2.67. The molecular formula is C23H16ClN3O2. The highest BCUT2D eigenvalue weighted by Crippen LogP contribution is 2.39. The lowest BCUT2D eigenvalue weighted by molar-refractivity contribution is -0.121. The van der Waals surface area contributed by atoms with Crippen LogP contribution in [0.25, 0.3) is 0 Å². The van der Waals surface area contributed by atoms with Gasteiger partial charge in [-0.05, 0) is 35.9 Å². The van der Waals surface area contributed by atoms with Gasteiger partial charge in [-0.15, -0.1) is 0 Å². The minimum Gasteiger partial charge on any atom is -0.273 e. The summed E-state index contributed by atoms with van der Waals surface area (Å²) in [4.78, 5) is 28.1. The van der Waals surface area contributed by atoms with Crippen molar-refractivity contribution in [3.05, 3.63) is 95.5 Å². The van der Waals surface area contributed by atoms with Crippen LogP contribution in [-0.2, 0) is 9.59 Å². The maximum absolute atomic E-state index is 13.4. The molecular weight excluding hydrogens is 386 g/mol. The molecule has 6 heteroatoms. The summed E-state index contributed by atoms with van der Waals surface area (Å²) in [5, 5.41) is 6.85. The summed E-state index contributed by atoms with van der Waals surface area (Å²) in [6, 6.07) is 25.0. The van der Waals surface area contributed by atoms with Crippen LogP contribution in [0.15, 0.2) is 90.0 Å². The highest BCUT2D eigenvalue weighted by Gasteiger charge is 2.57. The fourth-order valence-electron chi connectivity index (χ4n) is 3.93. The predicted molar refractivity (Wildman–Crippen MR) is 113 cm³/mol. The molecule has 0 radical (unpaired) electrons. The number of para-hydroxylation sites is 1. The van der Waals surface area contributed by atoms with Crippen LogP contribution in [0.1, 0.15) is 5.56 Å². The molecule has 0 bridgehead atoms. The zero-order chi connectivity index (χ0) is 20.0. The summed E-state index contributed by atoms with van der Waals surface area (Å²) in [6.45, 7) is 0. The minimum atomic E-state index is -0.723. The second-order valence-electron chi connectivity index (χ2n) is 6.95. The fourth-order valence-corrected chi connectivity index (χ4v) is 4.11. The average Bonchev–Trinajstić information content (AvgIpc) is 3.26. The first-order chi connectivity index (χ1) is 14.1. The number of hydrogen-bond acceptors (Lipinski definition) is 4. The van der Waals surface area contributed by atoms with E-state index in [-0.39, 0.29) is 11.8 Å². The lowest BCUT2D eigenvalue weighted by atomic mass is 9.93. The van der Waals surface area contributed by atoms with Crippen molar-refractivity contribution in [1.29, 1.82) is 0 Å². The lowest BCUT2D eigenvalue weighted by Crippen LogP contribution is -2.39. The number of nitrogens with zero attached hydrogens (tertiary/aromatic N) is 3. The van der Waals surface area contributed by atoms with Crippen molar-refractivity contribution in [3.8, 4) is 0 Å². The molecule has 2 atom stereocenters. The number of benzene rings is 3. The zero-order valence-electron chi connectivity index (χ0n) is 15.3. The molecule has 1 saturated heterocycles. The van der Waals surface area contributed by atoms with Gasteiger partial charge in [-0.25, -0.2) is 4.90 Å². The number of carbonyl (C=O) groups is 2. The molecule has 0 spiro atoms. The first-order valence-corrected chi connectivity index (χ1v) is 9.64. The number of rotatable bonds is 3. The molecule has 5 rings (SSSR count). The Morgan fingerprint density at radius 2 is 1.41 bits per heavy atom. The number of hydrogen-bond donors (Lipinski definition) is 0. The maximum Gasteiger partial charge on any atom is 0.259 e. The van der Waals surface area contributed by atoms with Crippen LogP contribution in [0, 0.1) is 5.92 Å². The quantitative estimate of drug-likeness (QED) is 0.620. The molecule has 1 fully saturated rings. The van der Waals surface area contributed by atoms with Crippen molar-refractivity contribution in [3.63, 3.8) is 0 Å². The van der Waals surface area contributed by atoms with Crippen molar-refractivity contribution >= 4 is 40.5 Å². The summed E-state index contributed by atoms with van der Waals surface area (Å²) in [6.07, 6.45) is 0. The van der Waals surface area contributed by atoms with Crippen LogP contribution in [-0.4, -0.2) is 23.6 Å². The Balaban J connectivity index is 1.64. The van der Waals surface area contributed by atoms with Crippen molar-refractivity contribution < 1.29 is 9.59 Å². The van der Waals surface area contributed by atoms with E-state index in [0.717, 1.165) is 11.3 Å². The van der Waals surface area contributed by atoms with Gasteiger partial charge in [0.15, 0.2) is 0 Å². The van der Waals surface area contributed by atoms with Crippen LogP contribution < -0.4 is 9.91 Å². The van der Waals surface area contributed by atoms with Crippen molar-refractivity contribution in [2.75, 3.05) is 9.91 Å². The number of hydrazone groups is 1. The maximum atomic E-state index is 13.4. The Labute approximate surface area is 172 Å². The van der Waals surface area contributed by atoms with Crippen molar-refractivity contribution in [1.82, 2.24) is 0 Å². The molecule has 29 heavy (non-hydrogen) atoms. The molecule has 0 saturated carbocycles. The SMILES string of the molecule is O=C1C2C(c3ccccc3)=NN(c3ccccc3)C2C(=O)N1c1cccc(Cl)c1. The van der Waals surface area contributed by atoms with Crippen LogP contribution in [0.3, 0.4) is 0 Å². The van der Waals surface area contributed by atoms with Gasteiger partial charge >= 0.3 is 0 Å². The Bertz CT molecular complexity index is 1130. The predicted octanol–water partition coefficient (Wildman–Crippen LogP) is 4.12. The molecule has 3 aromatic carbocycles. The summed E-state index contributed by atoms with van der Waals surface area (Å²) >= 11 is 6.11. The minimum absolute atomic E-state index is 0.289. The standard InChI is InChI=1S/C23H16ClN3O2/c24-16-10-7-13-18(14-16)26-22(28)19-20(15-8-3-1-4-9-15)25-27(21(19)23(26)29)17-11-5-2-6-12-17/h1-14,19,21H. The molecule has 142 valence electrons. The normalized spacial score (nSPS) is 20.8. The van der Waals surface area contributed by atoms with Gasteiger partial charge in [0.2, 0.25) is 5.91 Å². The Morgan fingerprint density at radius 3 is 2.10 bits per heavy atom. The second-order valence-corrected chi connectivity index (χ2v) is 7.38. The van der Waals surface area contributed by atoms with E-state index in [1.807, 2.05) is 60.7 Å². The molecule has 2 aliphatic heterocycles. The summed E-state index contributed by atoms with van der Waals surface area (Å²) in [7, 11) is 0. The van der Waals surface area contributed by atoms with E-state index in [9.17, 15) is 9.59 Å². The highest BCUT2D eigenvalue weighted by molar-refractivity contribution is 6.35. The van der Waals surface area contributed by atoms with Crippen LogP contribution in [0.5, 0.6) is 0 Å². The van der Waals surface area contributed by atoms with E-state index in [4.69, 9.17) is 16.7 Å². The third kappa shape index (κ3) is 2.82. The molecule has 2 unspecified atom stereocenters. The first kappa shape index (κ1) is 17.6. The van der Waals surface area contributed by atoms with Crippen LogP contribution in [0.4, 0.5) is 11.4 Å². The van der Waals surface area contributed by atoms with Crippen LogP contribution >= 0.6 is 11.6 Å². The van der Waals surface area contributed by atoms with E-state index in [2.05, 4.69) is 0 Å². The van der Waals surface area contributed by atoms with Gasteiger partial charge in [0.1, 0.15) is 12.0 Å². The van der Waals surface area contributed by atoms with Gasteiger partial charge in [-0.2, -0.15) is 5.10 Å². The van der Waals surface area contributed by atoms with Gasteiger partial charge < -0.3 is 0 Å². The number of halogens is 1. The van der Waals surface area contributed by atoms with E-state index in [1.54, 1.807) is 29.3 Å². The monoisotopic (exact) mass is 401 g/mol. The fraction of sp³-hybridized carbons (Fsp3) is 0.0870. The second kappa shape index (κ2) is 6.87. The third-order valence-electron chi connectivity index (χ3n) is 5.21. The van der Waals surface area contributed by atoms with E-state index in [0.29, 0.717) is 16.4 Å². The van der Waals surface area contributed by atoms with Gasteiger partial charge in [-0.3, -0.25) is 14.6 Å². The third-order valence-corrected chi connectivity index (χ3v) is 5.44. The van der Waals surface area contributed by atoms with Crippen molar-refractivity contribution in [2.45, 2.75) is 6.04 Å². The van der Waals surface area contributed by atoms with E-state index >= 15 is 0 Å². The summed E-state index contributed by atoms with van der Waals surface area (Å²) < 4.78 is 0. The van der Waals surface area contributed by atoms with Gasteiger partial charge in [0.05, 0.1) is 17.1 Å². The molecule has 0 aliphatic carbocycles. The largest absolute Gasteiger partial charge is 0.273 e. The number of anilines is 2. The molecule has 2 aliphatic rings. The van der Waals surface area contributed by atoms with E-state index < -0.39 is 12.0 Å². The lowest BCUT2D eigenvalue weighted by Gasteiger charge is -2.22. The average molecular weight is 402 g/mol. The Kier molecular flexibility index (Phi) is 4.18. The number of amides is 2. The molecule has 2 amide bonds. The topological polar surface area (TPSA) is 53.0 Å². The van der Waals surface area contributed by atoms with Gasteiger partial charge in [0.25, 0.3) is 5.91 Å². The van der Waals surface area contributed by atoms with Crippen LogP contribution in [0.2, 0.25) is 5.02 Å². The molecule has 3 aromatic rings.